The molecule has 3 aliphatic rings. The van der Waals surface area contributed by atoms with Gasteiger partial charge in [0, 0.05) is 26.1 Å². The van der Waals surface area contributed by atoms with Gasteiger partial charge in [-0.25, -0.2) is 4.79 Å². The Morgan fingerprint density at radius 1 is 1.00 bits per heavy atom. The van der Waals surface area contributed by atoms with Crippen molar-refractivity contribution in [3.8, 4) is 0 Å². The quantitative estimate of drug-likeness (QED) is 0.824. The Labute approximate surface area is 169 Å². The molecule has 0 unspecified atom stereocenters. The number of aryl methyl sites for hydroxylation is 1. The summed E-state index contributed by atoms with van der Waals surface area (Å²) < 4.78 is 2.27. The van der Waals surface area contributed by atoms with E-state index in [1.165, 1.54) is 64.2 Å². The normalized spacial score (nSPS) is 23.5. The van der Waals surface area contributed by atoms with Crippen LogP contribution < -0.4 is 5.32 Å². The lowest BCUT2D eigenvalue weighted by molar-refractivity contribution is 0.0891. The van der Waals surface area contributed by atoms with Crippen LogP contribution in [0.4, 0.5) is 4.79 Å². The summed E-state index contributed by atoms with van der Waals surface area (Å²) in [6, 6.07) is 0.0556. The fraction of sp³-hybridized carbons (Fsp3) is 0.864. The molecule has 0 radical (unpaired) electrons. The number of nitrogens with one attached hydrogen (secondary N) is 1. The highest BCUT2D eigenvalue weighted by atomic mass is 16.2. The number of carbonyl (C=O) groups excluding carboxylic acids is 1. The predicted octanol–water partition coefficient (Wildman–Crippen LogP) is 4.60. The van der Waals surface area contributed by atoms with Gasteiger partial charge in [-0.3, -0.25) is 0 Å². The topological polar surface area (TPSA) is 63.1 Å². The summed E-state index contributed by atoms with van der Waals surface area (Å²) in [5.74, 6) is 2.05. The highest BCUT2D eigenvalue weighted by molar-refractivity contribution is 5.74. The molecule has 156 valence electrons. The summed E-state index contributed by atoms with van der Waals surface area (Å²) in [5, 5.41) is 12.2. The molecular weight excluding hydrogens is 350 g/mol. The number of rotatable bonds is 3. The van der Waals surface area contributed by atoms with E-state index in [4.69, 9.17) is 0 Å². The van der Waals surface area contributed by atoms with Crippen molar-refractivity contribution in [2.24, 2.45) is 5.41 Å². The number of nitrogens with zero attached hydrogens (tertiary/aromatic N) is 4. The molecule has 2 amide bonds. The van der Waals surface area contributed by atoms with Crippen LogP contribution in [0.2, 0.25) is 0 Å². The number of hydrogen-bond acceptors (Lipinski definition) is 3. The number of urea groups is 1. The Morgan fingerprint density at radius 3 is 2.54 bits per heavy atom. The molecular formula is C22H37N5O. The lowest BCUT2D eigenvalue weighted by atomic mass is 9.74. The fourth-order valence-corrected chi connectivity index (χ4v) is 5.62. The van der Waals surface area contributed by atoms with Gasteiger partial charge in [-0.05, 0) is 50.4 Å². The molecule has 2 fully saturated rings. The zero-order valence-electron chi connectivity index (χ0n) is 17.6. The molecule has 1 saturated carbocycles. The van der Waals surface area contributed by atoms with Crippen molar-refractivity contribution in [2.45, 2.75) is 103 Å². The van der Waals surface area contributed by atoms with Crippen molar-refractivity contribution >= 4 is 6.03 Å². The Kier molecular flexibility index (Phi) is 6.22. The maximum absolute atomic E-state index is 13.2. The van der Waals surface area contributed by atoms with Crippen LogP contribution in [0.25, 0.3) is 0 Å². The van der Waals surface area contributed by atoms with Crippen LogP contribution in [0.1, 0.15) is 102 Å². The number of carbonyl (C=O) groups is 1. The van der Waals surface area contributed by atoms with Crippen molar-refractivity contribution in [3.05, 3.63) is 11.6 Å². The van der Waals surface area contributed by atoms with E-state index in [0.29, 0.717) is 5.41 Å². The van der Waals surface area contributed by atoms with Crippen molar-refractivity contribution in [2.75, 3.05) is 13.1 Å². The first-order valence-electron chi connectivity index (χ1n) is 11.7. The van der Waals surface area contributed by atoms with Gasteiger partial charge in [0.15, 0.2) is 5.82 Å². The molecule has 3 heterocycles. The summed E-state index contributed by atoms with van der Waals surface area (Å²) in [5.41, 5.74) is 0.375. The van der Waals surface area contributed by atoms with E-state index in [1.807, 2.05) is 0 Å². The number of aromatic nitrogens is 3. The molecule has 2 aliphatic heterocycles. The van der Waals surface area contributed by atoms with Crippen molar-refractivity contribution in [1.29, 1.82) is 0 Å². The first-order valence-corrected chi connectivity index (χ1v) is 11.7. The van der Waals surface area contributed by atoms with Gasteiger partial charge in [0.25, 0.3) is 0 Å². The number of hydrogen-bond donors (Lipinski definition) is 1. The van der Waals surface area contributed by atoms with Gasteiger partial charge in [-0.1, -0.05) is 39.0 Å². The summed E-state index contributed by atoms with van der Waals surface area (Å²) >= 11 is 0. The Balaban J connectivity index is 1.44. The minimum atomic E-state index is -0.0427. The molecule has 1 aromatic heterocycles. The number of fused-ring (bicyclic) bond motifs is 1. The van der Waals surface area contributed by atoms with Crippen LogP contribution >= 0.6 is 0 Å². The molecule has 1 atom stereocenters. The summed E-state index contributed by atoms with van der Waals surface area (Å²) in [7, 11) is 0. The molecule has 6 nitrogen and oxygen atoms in total. The third kappa shape index (κ3) is 4.20. The van der Waals surface area contributed by atoms with Gasteiger partial charge in [0.2, 0.25) is 0 Å². The van der Waals surface area contributed by atoms with Gasteiger partial charge >= 0.3 is 6.03 Å². The second kappa shape index (κ2) is 8.83. The standard InChI is InChI=1S/C22H37N5O/c1-2-18(20-25-24-19-11-6-5-9-16-27(19)20)23-21(28)26-15-10-14-22(17-26)12-7-3-4-8-13-22/h18H,2-17H2,1H3,(H,23,28)/t18-/m0/s1. The number of piperidine rings is 1. The molecule has 4 rings (SSSR count). The molecule has 0 bridgehead atoms. The highest BCUT2D eigenvalue weighted by Gasteiger charge is 2.37. The molecule has 1 aliphatic carbocycles. The SMILES string of the molecule is CC[C@H](NC(=O)N1CCCC2(CCCCCC2)C1)c1nnc2n1CCCCC2. The Bertz CT molecular complexity index is 662. The molecule has 28 heavy (non-hydrogen) atoms. The Hall–Kier alpha value is -1.59. The lowest BCUT2D eigenvalue weighted by Crippen LogP contribution is -2.50. The van der Waals surface area contributed by atoms with Crippen molar-refractivity contribution < 1.29 is 4.79 Å². The fourth-order valence-electron chi connectivity index (χ4n) is 5.62. The predicted molar refractivity (Wildman–Crippen MR) is 110 cm³/mol. The summed E-state index contributed by atoms with van der Waals surface area (Å²) in [6.45, 7) is 4.94. The van der Waals surface area contributed by atoms with E-state index in [0.717, 1.165) is 50.5 Å². The third-order valence-electron chi connectivity index (χ3n) is 7.27. The molecule has 1 saturated heterocycles. The van der Waals surface area contributed by atoms with Gasteiger partial charge in [0.05, 0.1) is 6.04 Å². The highest BCUT2D eigenvalue weighted by Crippen LogP contribution is 2.42. The first-order chi connectivity index (χ1) is 13.7. The van der Waals surface area contributed by atoms with Crippen LogP contribution in [0, 0.1) is 5.41 Å². The first kappa shape index (κ1) is 19.7. The van der Waals surface area contributed by atoms with Crippen LogP contribution in [-0.4, -0.2) is 38.8 Å². The van der Waals surface area contributed by atoms with Crippen LogP contribution in [0.5, 0.6) is 0 Å². The minimum Gasteiger partial charge on any atom is -0.328 e. The average molecular weight is 388 g/mol. The Morgan fingerprint density at radius 2 is 1.75 bits per heavy atom. The third-order valence-corrected chi connectivity index (χ3v) is 7.27. The molecule has 0 aromatic carbocycles. The maximum atomic E-state index is 13.2. The summed E-state index contributed by atoms with van der Waals surface area (Å²) in [4.78, 5) is 15.3. The number of amides is 2. The minimum absolute atomic E-state index is 0.0427. The molecule has 1 N–H and O–H groups in total. The van der Waals surface area contributed by atoms with Crippen LogP contribution in [0.15, 0.2) is 0 Å². The van der Waals surface area contributed by atoms with E-state index in [9.17, 15) is 4.79 Å². The van der Waals surface area contributed by atoms with Crippen LogP contribution in [-0.2, 0) is 13.0 Å². The van der Waals surface area contributed by atoms with E-state index in [1.54, 1.807) is 0 Å². The monoisotopic (exact) mass is 387 g/mol. The smallest absolute Gasteiger partial charge is 0.318 e. The lowest BCUT2D eigenvalue weighted by Gasteiger charge is -2.43. The van der Waals surface area contributed by atoms with Gasteiger partial charge in [-0.2, -0.15) is 0 Å². The summed E-state index contributed by atoms with van der Waals surface area (Å²) in [6.07, 6.45) is 15.9. The zero-order valence-corrected chi connectivity index (χ0v) is 17.6. The van der Waals surface area contributed by atoms with E-state index in [2.05, 4.69) is 31.9 Å². The van der Waals surface area contributed by atoms with Gasteiger partial charge in [0.1, 0.15) is 5.82 Å². The second-order valence-electron chi connectivity index (χ2n) is 9.29. The maximum Gasteiger partial charge on any atom is 0.318 e. The van der Waals surface area contributed by atoms with E-state index < -0.39 is 0 Å². The van der Waals surface area contributed by atoms with E-state index >= 15 is 0 Å². The molecule has 6 heteroatoms. The molecule has 1 spiro atoms. The van der Waals surface area contributed by atoms with Gasteiger partial charge < -0.3 is 14.8 Å². The second-order valence-corrected chi connectivity index (χ2v) is 9.29. The van der Waals surface area contributed by atoms with E-state index in [-0.39, 0.29) is 12.1 Å². The number of likely N-dealkylation sites (tertiary alicyclic amines) is 1. The largest absolute Gasteiger partial charge is 0.328 e. The zero-order chi connectivity index (χ0) is 19.4. The molecule has 1 aromatic rings. The van der Waals surface area contributed by atoms with Crippen molar-refractivity contribution in [3.63, 3.8) is 0 Å². The average Bonchev–Trinajstić information content (AvgIpc) is 2.88. The van der Waals surface area contributed by atoms with Crippen LogP contribution in [0.3, 0.4) is 0 Å². The van der Waals surface area contributed by atoms with Gasteiger partial charge in [-0.15, -0.1) is 10.2 Å². The van der Waals surface area contributed by atoms with Crippen molar-refractivity contribution in [1.82, 2.24) is 25.0 Å².